The van der Waals surface area contributed by atoms with Gasteiger partial charge in [0, 0.05) is 10.2 Å². The Kier molecular flexibility index (Phi) is 8.40. The molecule has 0 atom stereocenters. The van der Waals surface area contributed by atoms with Crippen LogP contribution in [0.4, 0.5) is 5.69 Å². The SMILES string of the molecule is COc1cc(/C=C(\C#N)C(=O)Nc2ccc(Cl)c(Cl)c2)c(Br)cc1OCc1cccc(C)c1. The quantitative estimate of drug-likeness (QED) is 0.252. The van der Waals surface area contributed by atoms with Gasteiger partial charge in [-0.05, 0) is 54.5 Å². The summed E-state index contributed by atoms with van der Waals surface area (Å²) < 4.78 is 12.0. The number of hydrogen-bond donors (Lipinski definition) is 1. The van der Waals surface area contributed by atoms with E-state index >= 15 is 0 Å². The molecule has 1 N–H and O–H groups in total. The van der Waals surface area contributed by atoms with E-state index in [1.54, 1.807) is 24.3 Å². The van der Waals surface area contributed by atoms with Crippen molar-refractivity contribution in [2.75, 3.05) is 12.4 Å². The normalized spacial score (nSPS) is 11.0. The van der Waals surface area contributed by atoms with Gasteiger partial charge >= 0.3 is 0 Å². The number of nitrogens with one attached hydrogen (secondary N) is 1. The van der Waals surface area contributed by atoms with Gasteiger partial charge in [-0.3, -0.25) is 4.79 Å². The van der Waals surface area contributed by atoms with Gasteiger partial charge in [0.25, 0.3) is 5.91 Å². The maximum Gasteiger partial charge on any atom is 0.266 e. The van der Waals surface area contributed by atoms with Crippen LogP contribution in [0.3, 0.4) is 0 Å². The maximum absolute atomic E-state index is 12.6. The Morgan fingerprint density at radius 2 is 1.91 bits per heavy atom. The average molecular weight is 546 g/mol. The second-order valence-electron chi connectivity index (χ2n) is 7.06. The van der Waals surface area contributed by atoms with Gasteiger partial charge in [0.1, 0.15) is 18.2 Å². The molecule has 3 aromatic rings. The zero-order chi connectivity index (χ0) is 24.0. The number of amides is 1. The third-order valence-electron chi connectivity index (χ3n) is 4.60. The first kappa shape index (κ1) is 24.7. The van der Waals surface area contributed by atoms with Gasteiger partial charge in [-0.1, -0.05) is 69.0 Å². The molecule has 5 nitrogen and oxygen atoms in total. The van der Waals surface area contributed by atoms with Gasteiger partial charge < -0.3 is 14.8 Å². The number of halogens is 3. The first-order chi connectivity index (χ1) is 15.8. The van der Waals surface area contributed by atoms with E-state index in [4.69, 9.17) is 32.7 Å². The van der Waals surface area contributed by atoms with Crippen LogP contribution < -0.4 is 14.8 Å². The molecule has 1 amide bonds. The van der Waals surface area contributed by atoms with E-state index < -0.39 is 5.91 Å². The van der Waals surface area contributed by atoms with E-state index in [1.165, 1.54) is 19.3 Å². The number of rotatable bonds is 7. The minimum absolute atomic E-state index is 0.0998. The lowest BCUT2D eigenvalue weighted by molar-refractivity contribution is -0.112. The molecule has 33 heavy (non-hydrogen) atoms. The monoisotopic (exact) mass is 544 g/mol. The highest BCUT2D eigenvalue weighted by Gasteiger charge is 2.14. The average Bonchev–Trinajstić information content (AvgIpc) is 2.79. The number of anilines is 1. The first-order valence-corrected chi connectivity index (χ1v) is 11.3. The molecular formula is C25H19BrCl2N2O3. The van der Waals surface area contributed by atoms with Crippen molar-refractivity contribution in [2.45, 2.75) is 13.5 Å². The highest BCUT2D eigenvalue weighted by atomic mass is 79.9. The molecule has 0 unspecified atom stereocenters. The van der Waals surface area contributed by atoms with Crippen molar-refractivity contribution < 1.29 is 14.3 Å². The summed E-state index contributed by atoms with van der Waals surface area (Å²) in [5.41, 5.74) is 3.08. The van der Waals surface area contributed by atoms with Gasteiger partial charge in [-0.2, -0.15) is 5.26 Å². The molecule has 0 bridgehead atoms. The fourth-order valence-electron chi connectivity index (χ4n) is 2.97. The molecule has 3 rings (SSSR count). The lowest BCUT2D eigenvalue weighted by atomic mass is 10.1. The number of methoxy groups -OCH3 is 1. The standard InChI is InChI=1S/C25H19BrCl2N2O3/c1-15-4-3-5-16(8-15)14-33-24-12-20(26)17(10-23(24)32-2)9-18(13-29)25(31)30-19-6-7-21(27)22(28)11-19/h3-12H,14H2,1-2H3,(H,30,31)/b18-9+. The summed E-state index contributed by atoms with van der Waals surface area (Å²) in [6.07, 6.45) is 1.46. The molecular weight excluding hydrogens is 527 g/mol. The van der Waals surface area contributed by atoms with Gasteiger partial charge in [0.2, 0.25) is 0 Å². The summed E-state index contributed by atoms with van der Waals surface area (Å²) >= 11 is 15.4. The third kappa shape index (κ3) is 6.52. The highest BCUT2D eigenvalue weighted by Crippen LogP contribution is 2.35. The molecule has 3 aromatic carbocycles. The van der Waals surface area contributed by atoms with E-state index in [2.05, 4.69) is 21.2 Å². The summed E-state index contributed by atoms with van der Waals surface area (Å²) in [7, 11) is 1.53. The summed E-state index contributed by atoms with van der Waals surface area (Å²) in [6.45, 7) is 2.39. The van der Waals surface area contributed by atoms with Crippen LogP contribution >= 0.6 is 39.1 Å². The van der Waals surface area contributed by atoms with Crippen LogP contribution in [0.1, 0.15) is 16.7 Å². The zero-order valence-corrected chi connectivity index (χ0v) is 20.9. The van der Waals surface area contributed by atoms with Gasteiger partial charge in [0.05, 0.1) is 17.2 Å². The van der Waals surface area contributed by atoms with Gasteiger partial charge in [-0.15, -0.1) is 0 Å². The Morgan fingerprint density at radius 3 is 2.58 bits per heavy atom. The molecule has 8 heteroatoms. The Balaban J connectivity index is 1.82. The Hall–Kier alpha value is -2.98. The largest absolute Gasteiger partial charge is 0.493 e. The van der Waals surface area contributed by atoms with Gasteiger partial charge in [-0.25, -0.2) is 0 Å². The molecule has 0 aliphatic rings. The Bertz CT molecular complexity index is 1270. The fourth-order valence-corrected chi connectivity index (χ4v) is 3.71. The number of nitriles is 1. The smallest absolute Gasteiger partial charge is 0.266 e. The van der Waals surface area contributed by atoms with Crippen molar-refractivity contribution in [2.24, 2.45) is 0 Å². The van der Waals surface area contributed by atoms with Crippen LogP contribution in [0.15, 0.2) is 64.6 Å². The lowest BCUT2D eigenvalue weighted by Gasteiger charge is -2.13. The number of hydrogen-bond acceptors (Lipinski definition) is 4. The number of nitrogens with zero attached hydrogens (tertiary/aromatic N) is 1. The maximum atomic E-state index is 12.6. The first-order valence-electron chi connectivity index (χ1n) is 9.74. The molecule has 0 fully saturated rings. The topological polar surface area (TPSA) is 71.3 Å². The summed E-state index contributed by atoms with van der Waals surface area (Å²) in [6, 6.07) is 18.1. The summed E-state index contributed by atoms with van der Waals surface area (Å²) in [4.78, 5) is 12.6. The van der Waals surface area contributed by atoms with Crippen LogP contribution in [0.25, 0.3) is 6.08 Å². The molecule has 168 valence electrons. The lowest BCUT2D eigenvalue weighted by Crippen LogP contribution is -2.13. The Labute approximate surface area is 210 Å². The van der Waals surface area contributed by atoms with Crippen LogP contribution in [-0.2, 0) is 11.4 Å². The van der Waals surface area contributed by atoms with E-state index in [-0.39, 0.29) is 5.57 Å². The third-order valence-corrected chi connectivity index (χ3v) is 6.03. The fraction of sp³-hybridized carbons (Fsp3) is 0.120. The van der Waals surface area contributed by atoms with Crippen molar-refractivity contribution >= 4 is 56.8 Å². The molecule has 0 aliphatic carbocycles. The van der Waals surface area contributed by atoms with Crippen molar-refractivity contribution in [3.8, 4) is 17.6 Å². The van der Waals surface area contributed by atoms with E-state index in [9.17, 15) is 10.1 Å². The van der Waals surface area contributed by atoms with Crippen LogP contribution in [-0.4, -0.2) is 13.0 Å². The van der Waals surface area contributed by atoms with Gasteiger partial charge in [0.15, 0.2) is 11.5 Å². The van der Waals surface area contributed by atoms with Crippen molar-refractivity contribution in [1.82, 2.24) is 0 Å². The van der Waals surface area contributed by atoms with E-state index in [0.29, 0.717) is 43.9 Å². The predicted octanol–water partition coefficient (Wildman–Crippen LogP) is 7.20. The minimum atomic E-state index is -0.582. The molecule has 0 spiro atoms. The Morgan fingerprint density at radius 1 is 1.12 bits per heavy atom. The second-order valence-corrected chi connectivity index (χ2v) is 8.72. The molecule has 0 heterocycles. The van der Waals surface area contributed by atoms with Crippen molar-refractivity contribution in [3.05, 3.63) is 91.4 Å². The van der Waals surface area contributed by atoms with E-state index in [1.807, 2.05) is 37.3 Å². The van der Waals surface area contributed by atoms with Crippen LogP contribution in [0.5, 0.6) is 11.5 Å². The number of benzene rings is 3. The van der Waals surface area contributed by atoms with Crippen molar-refractivity contribution in [1.29, 1.82) is 5.26 Å². The molecule has 0 aliphatic heterocycles. The van der Waals surface area contributed by atoms with Crippen LogP contribution in [0.2, 0.25) is 10.0 Å². The molecule has 0 radical (unpaired) electrons. The summed E-state index contributed by atoms with van der Waals surface area (Å²) in [5.74, 6) is 0.419. The second kappa shape index (κ2) is 11.2. The molecule has 0 aromatic heterocycles. The number of carbonyl (C=O) groups is 1. The highest BCUT2D eigenvalue weighted by molar-refractivity contribution is 9.10. The number of aryl methyl sites for hydroxylation is 1. The molecule has 0 saturated carbocycles. The number of ether oxygens (including phenoxy) is 2. The minimum Gasteiger partial charge on any atom is -0.493 e. The summed E-state index contributed by atoms with van der Waals surface area (Å²) in [5, 5.41) is 12.8. The predicted molar refractivity (Wildman–Crippen MR) is 135 cm³/mol. The molecule has 0 saturated heterocycles. The van der Waals surface area contributed by atoms with Crippen molar-refractivity contribution in [3.63, 3.8) is 0 Å². The number of carbonyl (C=O) groups excluding carboxylic acids is 1. The van der Waals surface area contributed by atoms with Crippen LogP contribution in [0, 0.1) is 18.3 Å². The zero-order valence-electron chi connectivity index (χ0n) is 17.8. The van der Waals surface area contributed by atoms with E-state index in [0.717, 1.165) is 11.1 Å².